The number of rotatable bonds is 9. The average molecular weight is 355 g/mol. The van der Waals surface area contributed by atoms with Crippen LogP contribution >= 0.6 is 0 Å². The number of nitrogens with zero attached hydrogens (tertiary/aromatic N) is 2. The molecule has 1 amide bonds. The molecule has 0 aromatic rings. The van der Waals surface area contributed by atoms with Crippen LogP contribution in [0.4, 0.5) is 0 Å². The molecule has 1 aliphatic carbocycles. The Labute approximate surface area is 153 Å². The molecule has 6 nitrogen and oxygen atoms in total. The summed E-state index contributed by atoms with van der Waals surface area (Å²) in [6, 6.07) is 0.437. The summed E-state index contributed by atoms with van der Waals surface area (Å²) in [5, 5.41) is 6.89. The van der Waals surface area contributed by atoms with Crippen LogP contribution in [-0.2, 0) is 9.53 Å². The molecular weight excluding hydrogens is 316 g/mol. The standard InChI is InChI=1S/C19H38N4O2/c1-15(2)14-25-12-8-11-20-19(21-13-18(24)23(4)5)22-17-10-7-6-9-16(17)3/h15-17H,6-14H2,1-5H3,(H2,20,21,22). The van der Waals surface area contributed by atoms with Crippen molar-refractivity contribution < 1.29 is 9.53 Å². The van der Waals surface area contributed by atoms with Crippen molar-refractivity contribution >= 4 is 11.9 Å². The molecule has 0 heterocycles. The first-order chi connectivity index (χ1) is 11.9. The number of carbonyl (C=O) groups excluding carboxylic acids is 1. The van der Waals surface area contributed by atoms with Gasteiger partial charge in [0, 0.05) is 39.9 Å². The van der Waals surface area contributed by atoms with Crippen LogP contribution in [0.2, 0.25) is 0 Å². The van der Waals surface area contributed by atoms with Crippen molar-refractivity contribution in [3.8, 4) is 0 Å². The number of carbonyl (C=O) groups is 1. The lowest BCUT2D eigenvalue weighted by atomic mass is 9.86. The van der Waals surface area contributed by atoms with Crippen molar-refractivity contribution in [3.63, 3.8) is 0 Å². The molecule has 0 saturated heterocycles. The zero-order valence-corrected chi connectivity index (χ0v) is 16.8. The van der Waals surface area contributed by atoms with E-state index in [0.29, 0.717) is 17.9 Å². The van der Waals surface area contributed by atoms with Crippen molar-refractivity contribution in [3.05, 3.63) is 0 Å². The molecule has 25 heavy (non-hydrogen) atoms. The number of hydrogen-bond acceptors (Lipinski definition) is 3. The molecule has 0 bridgehead atoms. The monoisotopic (exact) mass is 354 g/mol. The number of amides is 1. The van der Waals surface area contributed by atoms with Crippen LogP contribution in [-0.4, -0.2) is 63.2 Å². The summed E-state index contributed by atoms with van der Waals surface area (Å²) in [6.45, 7) is 9.11. The zero-order valence-electron chi connectivity index (χ0n) is 16.8. The van der Waals surface area contributed by atoms with Gasteiger partial charge in [0.1, 0.15) is 6.54 Å². The highest BCUT2D eigenvalue weighted by Crippen LogP contribution is 2.23. The fourth-order valence-electron chi connectivity index (χ4n) is 2.85. The molecule has 1 aliphatic rings. The van der Waals surface area contributed by atoms with Gasteiger partial charge in [-0.05, 0) is 31.1 Å². The largest absolute Gasteiger partial charge is 0.381 e. The van der Waals surface area contributed by atoms with E-state index >= 15 is 0 Å². The molecule has 0 spiro atoms. The maximum atomic E-state index is 11.8. The minimum Gasteiger partial charge on any atom is -0.381 e. The quantitative estimate of drug-likeness (QED) is 0.379. The maximum Gasteiger partial charge on any atom is 0.243 e. The number of nitrogens with one attached hydrogen (secondary N) is 2. The Morgan fingerprint density at radius 2 is 2.00 bits per heavy atom. The topological polar surface area (TPSA) is 66.0 Å². The summed E-state index contributed by atoms with van der Waals surface area (Å²) in [6.07, 6.45) is 5.92. The SMILES string of the molecule is CC(C)COCCCNC(=NCC(=O)N(C)C)NC1CCCCC1C. The summed E-state index contributed by atoms with van der Waals surface area (Å²) in [7, 11) is 3.52. The molecule has 1 rings (SSSR count). The summed E-state index contributed by atoms with van der Waals surface area (Å²) >= 11 is 0. The fourth-order valence-corrected chi connectivity index (χ4v) is 2.85. The number of aliphatic imine (C=N–C) groups is 1. The van der Waals surface area contributed by atoms with Gasteiger partial charge in [-0.1, -0.05) is 33.6 Å². The third-order valence-corrected chi connectivity index (χ3v) is 4.51. The molecule has 1 saturated carbocycles. The first-order valence-electron chi connectivity index (χ1n) is 9.73. The summed E-state index contributed by atoms with van der Waals surface area (Å²) in [5.74, 6) is 1.96. The first-order valence-corrected chi connectivity index (χ1v) is 9.73. The molecule has 0 aromatic carbocycles. The molecule has 0 aromatic heterocycles. The summed E-state index contributed by atoms with van der Waals surface area (Å²) in [5.41, 5.74) is 0. The van der Waals surface area contributed by atoms with Crippen molar-refractivity contribution in [1.29, 1.82) is 0 Å². The third-order valence-electron chi connectivity index (χ3n) is 4.51. The molecule has 6 heteroatoms. The van der Waals surface area contributed by atoms with E-state index in [1.807, 2.05) is 0 Å². The van der Waals surface area contributed by atoms with E-state index in [0.717, 1.165) is 32.1 Å². The van der Waals surface area contributed by atoms with Crippen molar-refractivity contribution in [2.75, 3.05) is 40.4 Å². The molecular formula is C19H38N4O2. The van der Waals surface area contributed by atoms with Crippen molar-refractivity contribution in [2.45, 2.75) is 58.9 Å². The Balaban J connectivity index is 2.46. The summed E-state index contributed by atoms with van der Waals surface area (Å²) < 4.78 is 5.61. The van der Waals surface area contributed by atoms with Gasteiger partial charge in [-0.15, -0.1) is 0 Å². The highest BCUT2D eigenvalue weighted by Gasteiger charge is 2.22. The average Bonchev–Trinajstić information content (AvgIpc) is 2.56. The zero-order chi connectivity index (χ0) is 18.7. The third kappa shape index (κ3) is 9.68. The van der Waals surface area contributed by atoms with Crippen LogP contribution in [0.5, 0.6) is 0 Å². The van der Waals surface area contributed by atoms with Crippen LogP contribution in [0, 0.1) is 11.8 Å². The van der Waals surface area contributed by atoms with Gasteiger partial charge in [0.15, 0.2) is 5.96 Å². The van der Waals surface area contributed by atoms with E-state index in [1.165, 1.54) is 25.7 Å². The fraction of sp³-hybridized carbons (Fsp3) is 0.895. The Hall–Kier alpha value is -1.30. The molecule has 2 atom stereocenters. The first kappa shape index (κ1) is 21.7. The van der Waals surface area contributed by atoms with Crippen molar-refractivity contribution in [2.24, 2.45) is 16.8 Å². The van der Waals surface area contributed by atoms with E-state index in [4.69, 9.17) is 4.74 Å². The van der Waals surface area contributed by atoms with Gasteiger partial charge in [-0.25, -0.2) is 4.99 Å². The van der Waals surface area contributed by atoms with Gasteiger partial charge >= 0.3 is 0 Å². The van der Waals surface area contributed by atoms with E-state index in [-0.39, 0.29) is 12.5 Å². The lowest BCUT2D eigenvalue weighted by Gasteiger charge is -2.31. The maximum absolute atomic E-state index is 11.8. The minimum absolute atomic E-state index is 0.0121. The van der Waals surface area contributed by atoms with E-state index in [9.17, 15) is 4.79 Å². The van der Waals surface area contributed by atoms with Crippen molar-refractivity contribution in [1.82, 2.24) is 15.5 Å². The van der Waals surface area contributed by atoms with Gasteiger partial charge in [-0.3, -0.25) is 4.79 Å². The molecule has 2 N–H and O–H groups in total. The van der Waals surface area contributed by atoms with Crippen LogP contribution in [0.25, 0.3) is 0 Å². The number of ether oxygens (including phenoxy) is 1. The normalized spacial score (nSPS) is 21.3. The van der Waals surface area contributed by atoms with E-state index in [1.54, 1.807) is 19.0 Å². The molecule has 2 unspecified atom stereocenters. The molecule has 0 aliphatic heterocycles. The predicted molar refractivity (Wildman–Crippen MR) is 104 cm³/mol. The molecule has 0 radical (unpaired) electrons. The van der Waals surface area contributed by atoms with Crippen LogP contribution in [0.15, 0.2) is 4.99 Å². The van der Waals surface area contributed by atoms with Gasteiger partial charge in [0.25, 0.3) is 0 Å². The van der Waals surface area contributed by atoms with Gasteiger partial charge in [0.2, 0.25) is 5.91 Å². The summed E-state index contributed by atoms with van der Waals surface area (Å²) in [4.78, 5) is 17.9. The molecule has 1 fully saturated rings. The second kappa shape index (κ2) is 12.1. The minimum atomic E-state index is 0.0121. The Kier molecular flexibility index (Phi) is 10.5. The smallest absolute Gasteiger partial charge is 0.243 e. The predicted octanol–water partition coefficient (Wildman–Crippen LogP) is 2.25. The second-order valence-electron chi connectivity index (χ2n) is 7.71. The molecule has 146 valence electrons. The van der Waals surface area contributed by atoms with Gasteiger partial charge in [0.05, 0.1) is 0 Å². The highest BCUT2D eigenvalue weighted by molar-refractivity contribution is 5.84. The Morgan fingerprint density at radius 1 is 1.28 bits per heavy atom. The van der Waals surface area contributed by atoms with E-state index < -0.39 is 0 Å². The van der Waals surface area contributed by atoms with Gasteiger partial charge in [-0.2, -0.15) is 0 Å². The van der Waals surface area contributed by atoms with Crippen LogP contribution in [0.3, 0.4) is 0 Å². The number of guanidine groups is 1. The van der Waals surface area contributed by atoms with Crippen LogP contribution in [0.1, 0.15) is 52.9 Å². The Bertz CT molecular complexity index is 410. The number of hydrogen-bond donors (Lipinski definition) is 2. The number of likely N-dealkylation sites (N-methyl/N-ethyl adjacent to an activating group) is 1. The van der Waals surface area contributed by atoms with Crippen LogP contribution < -0.4 is 10.6 Å². The second-order valence-corrected chi connectivity index (χ2v) is 7.71. The van der Waals surface area contributed by atoms with E-state index in [2.05, 4.69) is 36.4 Å². The lowest BCUT2D eigenvalue weighted by Crippen LogP contribution is -2.48. The highest BCUT2D eigenvalue weighted by atomic mass is 16.5. The Morgan fingerprint density at radius 3 is 2.64 bits per heavy atom. The lowest BCUT2D eigenvalue weighted by molar-refractivity contribution is -0.127. The van der Waals surface area contributed by atoms with Gasteiger partial charge < -0.3 is 20.3 Å².